The number of phenols is 1. The summed E-state index contributed by atoms with van der Waals surface area (Å²) >= 11 is 0. The summed E-state index contributed by atoms with van der Waals surface area (Å²) in [6, 6.07) is 13.4. The van der Waals surface area contributed by atoms with E-state index in [0.717, 1.165) is 16.5 Å². The molecule has 2 aromatic carbocycles. The molecular weight excluding hydrogens is 242 g/mol. The van der Waals surface area contributed by atoms with Crippen molar-refractivity contribution in [2.24, 2.45) is 0 Å². The molecule has 1 heterocycles. The SMILES string of the molecule is Nc1ccc(-c2cc(=O)oc3cc(O)ccc23)cc1. The molecule has 4 heteroatoms. The minimum absolute atomic E-state index is 0.0603. The van der Waals surface area contributed by atoms with Gasteiger partial charge in [-0.3, -0.25) is 0 Å². The normalized spacial score (nSPS) is 10.7. The molecule has 1 aromatic heterocycles. The molecule has 0 saturated heterocycles. The van der Waals surface area contributed by atoms with Crippen LogP contribution < -0.4 is 11.4 Å². The van der Waals surface area contributed by atoms with Crippen LogP contribution in [-0.2, 0) is 0 Å². The number of hydrogen-bond donors (Lipinski definition) is 2. The number of benzene rings is 2. The molecule has 94 valence electrons. The zero-order chi connectivity index (χ0) is 13.4. The molecule has 0 fully saturated rings. The fourth-order valence-electron chi connectivity index (χ4n) is 2.05. The van der Waals surface area contributed by atoms with Gasteiger partial charge in [0.1, 0.15) is 11.3 Å². The average Bonchev–Trinajstić information content (AvgIpc) is 2.38. The Morgan fingerprint density at radius 2 is 1.74 bits per heavy atom. The summed E-state index contributed by atoms with van der Waals surface area (Å²) in [5.74, 6) is 0.0603. The molecule has 0 radical (unpaired) electrons. The fourth-order valence-corrected chi connectivity index (χ4v) is 2.05. The average molecular weight is 253 g/mol. The van der Waals surface area contributed by atoms with E-state index < -0.39 is 5.63 Å². The molecule has 0 unspecified atom stereocenters. The van der Waals surface area contributed by atoms with E-state index in [1.165, 1.54) is 12.1 Å². The molecular formula is C15H11NO3. The van der Waals surface area contributed by atoms with Crippen molar-refractivity contribution in [2.45, 2.75) is 0 Å². The minimum Gasteiger partial charge on any atom is -0.508 e. The van der Waals surface area contributed by atoms with Gasteiger partial charge in [0, 0.05) is 23.2 Å². The van der Waals surface area contributed by atoms with E-state index in [4.69, 9.17) is 10.2 Å². The summed E-state index contributed by atoms with van der Waals surface area (Å²) in [5.41, 5.74) is 7.85. The van der Waals surface area contributed by atoms with Crippen molar-refractivity contribution >= 4 is 16.7 Å². The molecule has 0 saturated carbocycles. The van der Waals surface area contributed by atoms with Crippen molar-refractivity contribution in [1.29, 1.82) is 0 Å². The first-order chi connectivity index (χ1) is 9.13. The first-order valence-corrected chi connectivity index (χ1v) is 5.76. The van der Waals surface area contributed by atoms with Gasteiger partial charge in [-0.2, -0.15) is 0 Å². The van der Waals surface area contributed by atoms with E-state index >= 15 is 0 Å². The molecule has 3 rings (SSSR count). The molecule has 3 aromatic rings. The second kappa shape index (κ2) is 4.17. The van der Waals surface area contributed by atoms with Crippen LogP contribution in [0.25, 0.3) is 22.1 Å². The number of nitrogen functional groups attached to an aromatic ring is 1. The van der Waals surface area contributed by atoms with Crippen LogP contribution in [0, 0.1) is 0 Å². The highest BCUT2D eigenvalue weighted by atomic mass is 16.4. The first kappa shape index (κ1) is 11.3. The number of phenolic OH excluding ortho intramolecular Hbond substituents is 1. The Morgan fingerprint density at radius 3 is 2.47 bits per heavy atom. The zero-order valence-electron chi connectivity index (χ0n) is 9.96. The van der Waals surface area contributed by atoms with Gasteiger partial charge in [-0.1, -0.05) is 12.1 Å². The van der Waals surface area contributed by atoms with Crippen molar-refractivity contribution in [3.8, 4) is 16.9 Å². The maximum absolute atomic E-state index is 11.6. The Hall–Kier alpha value is -2.75. The quantitative estimate of drug-likeness (QED) is 0.516. The molecule has 0 spiro atoms. The van der Waals surface area contributed by atoms with Crippen molar-refractivity contribution in [3.63, 3.8) is 0 Å². The van der Waals surface area contributed by atoms with Crippen LogP contribution >= 0.6 is 0 Å². The van der Waals surface area contributed by atoms with Crippen molar-refractivity contribution < 1.29 is 9.52 Å². The van der Waals surface area contributed by atoms with E-state index in [-0.39, 0.29) is 5.75 Å². The predicted octanol–water partition coefficient (Wildman–Crippen LogP) is 2.75. The lowest BCUT2D eigenvalue weighted by Crippen LogP contribution is -1.98. The van der Waals surface area contributed by atoms with Gasteiger partial charge >= 0.3 is 5.63 Å². The topological polar surface area (TPSA) is 76.5 Å². The number of hydrogen-bond acceptors (Lipinski definition) is 4. The Bertz CT molecular complexity index is 804. The number of fused-ring (bicyclic) bond motifs is 1. The third-order valence-corrected chi connectivity index (χ3v) is 2.95. The molecule has 0 aliphatic heterocycles. The first-order valence-electron chi connectivity index (χ1n) is 5.76. The predicted molar refractivity (Wildman–Crippen MR) is 74.0 cm³/mol. The molecule has 19 heavy (non-hydrogen) atoms. The van der Waals surface area contributed by atoms with E-state index in [0.29, 0.717) is 11.3 Å². The molecule has 0 amide bonds. The molecule has 0 aliphatic rings. The van der Waals surface area contributed by atoms with E-state index in [1.807, 2.05) is 12.1 Å². The van der Waals surface area contributed by atoms with Gasteiger partial charge in [-0.05, 0) is 35.4 Å². The lowest BCUT2D eigenvalue weighted by Gasteiger charge is -2.06. The molecule has 3 N–H and O–H groups in total. The third kappa shape index (κ3) is 2.04. The molecule has 0 atom stereocenters. The van der Waals surface area contributed by atoms with E-state index in [9.17, 15) is 9.90 Å². The van der Waals surface area contributed by atoms with Crippen LogP contribution in [0.15, 0.2) is 57.7 Å². The van der Waals surface area contributed by atoms with E-state index in [1.54, 1.807) is 24.3 Å². The van der Waals surface area contributed by atoms with Crippen LogP contribution in [0.2, 0.25) is 0 Å². The highest BCUT2D eigenvalue weighted by Crippen LogP contribution is 2.29. The summed E-state index contributed by atoms with van der Waals surface area (Å²) in [4.78, 5) is 11.6. The van der Waals surface area contributed by atoms with Crippen LogP contribution in [0.1, 0.15) is 0 Å². The summed E-state index contributed by atoms with van der Waals surface area (Å²) in [6.07, 6.45) is 0. The van der Waals surface area contributed by atoms with Crippen LogP contribution in [0.3, 0.4) is 0 Å². The largest absolute Gasteiger partial charge is 0.508 e. The Balaban J connectivity index is 2.34. The summed E-state index contributed by atoms with van der Waals surface area (Å²) in [5, 5.41) is 10.2. The van der Waals surface area contributed by atoms with Crippen molar-refractivity contribution in [3.05, 3.63) is 59.0 Å². The molecule has 0 bridgehead atoms. The van der Waals surface area contributed by atoms with Gasteiger partial charge in [0.25, 0.3) is 0 Å². The number of rotatable bonds is 1. The van der Waals surface area contributed by atoms with Gasteiger partial charge in [0.05, 0.1) is 0 Å². The number of anilines is 1. The molecule has 4 nitrogen and oxygen atoms in total. The van der Waals surface area contributed by atoms with Gasteiger partial charge in [-0.25, -0.2) is 4.79 Å². The van der Waals surface area contributed by atoms with Gasteiger partial charge in [0.15, 0.2) is 0 Å². The standard InChI is InChI=1S/C15H11NO3/c16-10-3-1-9(2-4-10)13-8-15(18)19-14-7-11(17)5-6-12(13)14/h1-8,17H,16H2. The maximum Gasteiger partial charge on any atom is 0.336 e. The number of nitrogens with two attached hydrogens (primary N) is 1. The Kier molecular flexibility index (Phi) is 2.49. The van der Waals surface area contributed by atoms with Crippen molar-refractivity contribution in [1.82, 2.24) is 0 Å². The number of aromatic hydroxyl groups is 1. The van der Waals surface area contributed by atoms with Gasteiger partial charge in [0.2, 0.25) is 0 Å². The van der Waals surface area contributed by atoms with E-state index in [2.05, 4.69) is 0 Å². The summed E-state index contributed by atoms with van der Waals surface area (Å²) in [7, 11) is 0. The fraction of sp³-hybridized carbons (Fsp3) is 0. The highest BCUT2D eigenvalue weighted by molar-refractivity contribution is 5.93. The third-order valence-electron chi connectivity index (χ3n) is 2.95. The zero-order valence-corrected chi connectivity index (χ0v) is 9.96. The highest BCUT2D eigenvalue weighted by Gasteiger charge is 2.08. The Morgan fingerprint density at radius 1 is 1.00 bits per heavy atom. The van der Waals surface area contributed by atoms with Crippen molar-refractivity contribution in [2.75, 3.05) is 5.73 Å². The monoisotopic (exact) mass is 253 g/mol. The van der Waals surface area contributed by atoms with Crippen LogP contribution in [0.5, 0.6) is 5.75 Å². The summed E-state index contributed by atoms with van der Waals surface area (Å²) in [6.45, 7) is 0. The second-order valence-electron chi connectivity index (χ2n) is 4.28. The maximum atomic E-state index is 11.6. The smallest absolute Gasteiger partial charge is 0.336 e. The van der Waals surface area contributed by atoms with Gasteiger partial charge < -0.3 is 15.3 Å². The van der Waals surface area contributed by atoms with Crippen LogP contribution in [0.4, 0.5) is 5.69 Å². The summed E-state index contributed by atoms with van der Waals surface area (Å²) < 4.78 is 5.09. The Labute approximate surface area is 108 Å². The van der Waals surface area contributed by atoms with Gasteiger partial charge in [-0.15, -0.1) is 0 Å². The molecule has 0 aliphatic carbocycles. The lowest BCUT2D eigenvalue weighted by atomic mass is 10.0. The minimum atomic E-state index is -0.454. The van der Waals surface area contributed by atoms with Crippen LogP contribution in [-0.4, -0.2) is 5.11 Å². The second-order valence-corrected chi connectivity index (χ2v) is 4.28. The lowest BCUT2D eigenvalue weighted by molar-refractivity contribution is 0.473.